The predicted molar refractivity (Wildman–Crippen MR) is 81.7 cm³/mol. The third kappa shape index (κ3) is 2.55. The smallest absolute Gasteiger partial charge is 0.234 e. The van der Waals surface area contributed by atoms with Crippen LogP contribution in [-0.2, 0) is 16.1 Å². The lowest BCUT2D eigenvalue weighted by Gasteiger charge is -2.26. The molecule has 118 valence electrons. The number of fused-ring (bicyclic) bond motifs is 1. The standard InChI is InChI=1S/C17H22N2O3/c1-2-13(11-20)19-16(21)14-9-18(10-15(14)17(19)22)8-12-6-4-3-5-7-12/h3-7,13-15,20H,2,8-11H2,1H3/t13?,14-,15+. The highest BCUT2D eigenvalue weighted by molar-refractivity contribution is 6.06. The van der Waals surface area contributed by atoms with Gasteiger partial charge in [-0.15, -0.1) is 0 Å². The van der Waals surface area contributed by atoms with E-state index < -0.39 is 0 Å². The number of imide groups is 1. The lowest BCUT2D eigenvalue weighted by molar-refractivity contribution is -0.144. The molecule has 0 aromatic heterocycles. The van der Waals surface area contributed by atoms with E-state index in [9.17, 15) is 14.7 Å². The van der Waals surface area contributed by atoms with Crippen LogP contribution >= 0.6 is 0 Å². The van der Waals surface area contributed by atoms with Crippen molar-refractivity contribution in [3.8, 4) is 0 Å². The first-order valence-electron chi connectivity index (χ1n) is 7.89. The van der Waals surface area contributed by atoms with Gasteiger partial charge in [-0.3, -0.25) is 19.4 Å². The molecule has 3 atom stereocenters. The molecule has 5 nitrogen and oxygen atoms in total. The molecule has 5 heteroatoms. The minimum atomic E-state index is -0.367. The average Bonchev–Trinajstić information content (AvgIpc) is 3.04. The topological polar surface area (TPSA) is 60.9 Å². The van der Waals surface area contributed by atoms with Crippen molar-refractivity contribution in [3.63, 3.8) is 0 Å². The SMILES string of the molecule is CCC(CO)N1C(=O)[C@H]2CN(Cc3ccccc3)C[C@H]2C1=O. The van der Waals surface area contributed by atoms with Gasteiger partial charge in [0.15, 0.2) is 0 Å². The van der Waals surface area contributed by atoms with Gasteiger partial charge < -0.3 is 5.11 Å². The molecule has 1 aromatic carbocycles. The minimum absolute atomic E-state index is 0.105. The average molecular weight is 302 g/mol. The van der Waals surface area contributed by atoms with E-state index in [0.29, 0.717) is 19.5 Å². The third-order valence-electron chi connectivity index (χ3n) is 4.80. The molecule has 22 heavy (non-hydrogen) atoms. The number of hydrogen-bond donors (Lipinski definition) is 1. The molecule has 0 radical (unpaired) electrons. The maximum absolute atomic E-state index is 12.5. The Kier molecular flexibility index (Phi) is 4.27. The molecule has 2 aliphatic heterocycles. The quantitative estimate of drug-likeness (QED) is 0.820. The van der Waals surface area contributed by atoms with Crippen molar-refractivity contribution >= 4 is 11.8 Å². The van der Waals surface area contributed by atoms with E-state index in [1.165, 1.54) is 10.5 Å². The number of likely N-dealkylation sites (tertiary alicyclic amines) is 2. The number of aliphatic hydroxyl groups excluding tert-OH is 1. The zero-order valence-corrected chi connectivity index (χ0v) is 12.8. The van der Waals surface area contributed by atoms with Crippen molar-refractivity contribution in [2.45, 2.75) is 25.9 Å². The Bertz CT molecular complexity index is 532. The number of carbonyl (C=O) groups is 2. The second-order valence-corrected chi connectivity index (χ2v) is 6.18. The molecule has 1 unspecified atom stereocenters. The maximum Gasteiger partial charge on any atom is 0.234 e. The van der Waals surface area contributed by atoms with Crippen molar-refractivity contribution in [1.29, 1.82) is 0 Å². The summed E-state index contributed by atoms with van der Waals surface area (Å²) in [5, 5.41) is 9.38. The predicted octanol–water partition coefficient (Wildman–Crippen LogP) is 0.874. The first-order valence-corrected chi connectivity index (χ1v) is 7.89. The van der Waals surface area contributed by atoms with Crippen molar-refractivity contribution in [2.75, 3.05) is 19.7 Å². The minimum Gasteiger partial charge on any atom is -0.394 e. The molecule has 1 N–H and O–H groups in total. The van der Waals surface area contributed by atoms with E-state index in [-0.39, 0.29) is 36.3 Å². The molecule has 0 saturated carbocycles. The zero-order chi connectivity index (χ0) is 15.7. The van der Waals surface area contributed by atoms with Crippen LogP contribution < -0.4 is 0 Å². The molecular formula is C17H22N2O3. The van der Waals surface area contributed by atoms with Crippen LogP contribution in [0.25, 0.3) is 0 Å². The Morgan fingerprint density at radius 1 is 1.14 bits per heavy atom. The van der Waals surface area contributed by atoms with Crippen molar-refractivity contribution in [1.82, 2.24) is 9.80 Å². The fraction of sp³-hybridized carbons (Fsp3) is 0.529. The van der Waals surface area contributed by atoms with Crippen LogP contribution in [0.5, 0.6) is 0 Å². The highest BCUT2D eigenvalue weighted by atomic mass is 16.3. The molecule has 0 bridgehead atoms. The van der Waals surface area contributed by atoms with E-state index in [1.807, 2.05) is 25.1 Å². The summed E-state index contributed by atoms with van der Waals surface area (Å²) < 4.78 is 0. The molecule has 2 fully saturated rings. The summed E-state index contributed by atoms with van der Waals surface area (Å²) in [5.41, 5.74) is 1.20. The molecule has 0 spiro atoms. The van der Waals surface area contributed by atoms with Crippen LogP contribution in [0, 0.1) is 11.8 Å². The van der Waals surface area contributed by atoms with Crippen LogP contribution in [0.1, 0.15) is 18.9 Å². The Labute approximate surface area is 130 Å². The van der Waals surface area contributed by atoms with E-state index in [2.05, 4.69) is 17.0 Å². The highest BCUT2D eigenvalue weighted by Gasteiger charge is 2.53. The monoisotopic (exact) mass is 302 g/mol. The van der Waals surface area contributed by atoms with Gasteiger partial charge in [-0.1, -0.05) is 37.3 Å². The third-order valence-corrected chi connectivity index (χ3v) is 4.80. The van der Waals surface area contributed by atoms with Crippen molar-refractivity contribution in [2.24, 2.45) is 11.8 Å². The van der Waals surface area contributed by atoms with Gasteiger partial charge in [0.2, 0.25) is 11.8 Å². The summed E-state index contributed by atoms with van der Waals surface area (Å²) in [5.74, 6) is -0.688. The summed E-state index contributed by atoms with van der Waals surface area (Å²) in [7, 11) is 0. The number of hydrogen-bond acceptors (Lipinski definition) is 4. The molecule has 2 amide bonds. The van der Waals surface area contributed by atoms with E-state index in [0.717, 1.165) is 6.54 Å². The Morgan fingerprint density at radius 3 is 2.23 bits per heavy atom. The molecule has 3 rings (SSSR count). The van der Waals surface area contributed by atoms with E-state index >= 15 is 0 Å². The Morgan fingerprint density at radius 2 is 1.73 bits per heavy atom. The number of benzene rings is 1. The molecule has 0 aliphatic carbocycles. The van der Waals surface area contributed by atoms with Crippen LogP contribution in [0.2, 0.25) is 0 Å². The summed E-state index contributed by atoms with van der Waals surface area (Å²) in [6, 6.07) is 9.72. The Hall–Kier alpha value is -1.72. The lowest BCUT2D eigenvalue weighted by Crippen LogP contribution is -2.44. The number of carbonyl (C=O) groups excluding carboxylic acids is 2. The van der Waals surface area contributed by atoms with Gasteiger partial charge in [0, 0.05) is 19.6 Å². The summed E-state index contributed by atoms with van der Waals surface area (Å²) in [6.07, 6.45) is 0.598. The van der Waals surface area contributed by atoms with Gasteiger partial charge in [-0.25, -0.2) is 0 Å². The van der Waals surface area contributed by atoms with Gasteiger partial charge in [0.1, 0.15) is 0 Å². The van der Waals surface area contributed by atoms with E-state index in [1.54, 1.807) is 0 Å². The number of amides is 2. The number of rotatable bonds is 5. The maximum atomic E-state index is 12.5. The first-order chi connectivity index (χ1) is 10.7. The van der Waals surface area contributed by atoms with Crippen LogP contribution in [0.4, 0.5) is 0 Å². The van der Waals surface area contributed by atoms with Gasteiger partial charge in [0.25, 0.3) is 0 Å². The van der Waals surface area contributed by atoms with Crippen LogP contribution in [-0.4, -0.2) is 52.5 Å². The normalized spacial score (nSPS) is 26.5. The number of aliphatic hydroxyl groups is 1. The van der Waals surface area contributed by atoms with Crippen LogP contribution in [0.15, 0.2) is 30.3 Å². The lowest BCUT2D eigenvalue weighted by atomic mass is 10.00. The van der Waals surface area contributed by atoms with Crippen LogP contribution in [0.3, 0.4) is 0 Å². The molecule has 2 heterocycles. The Balaban J connectivity index is 1.69. The zero-order valence-electron chi connectivity index (χ0n) is 12.8. The second-order valence-electron chi connectivity index (χ2n) is 6.18. The molecular weight excluding hydrogens is 280 g/mol. The first kappa shape index (κ1) is 15.2. The van der Waals surface area contributed by atoms with Gasteiger partial charge in [0.05, 0.1) is 24.5 Å². The van der Waals surface area contributed by atoms with Gasteiger partial charge >= 0.3 is 0 Å². The fourth-order valence-corrected chi connectivity index (χ4v) is 3.58. The molecule has 2 saturated heterocycles. The van der Waals surface area contributed by atoms with Crippen molar-refractivity contribution in [3.05, 3.63) is 35.9 Å². The number of nitrogens with zero attached hydrogens (tertiary/aromatic N) is 2. The fourth-order valence-electron chi connectivity index (χ4n) is 3.58. The summed E-state index contributed by atoms with van der Waals surface area (Å²) in [6.45, 7) is 3.76. The summed E-state index contributed by atoms with van der Waals surface area (Å²) >= 11 is 0. The highest BCUT2D eigenvalue weighted by Crippen LogP contribution is 2.35. The van der Waals surface area contributed by atoms with Gasteiger partial charge in [-0.05, 0) is 12.0 Å². The second kappa shape index (κ2) is 6.18. The molecule has 1 aromatic rings. The molecule has 2 aliphatic rings. The van der Waals surface area contributed by atoms with E-state index in [4.69, 9.17) is 0 Å². The van der Waals surface area contributed by atoms with Gasteiger partial charge in [-0.2, -0.15) is 0 Å². The largest absolute Gasteiger partial charge is 0.394 e. The summed E-state index contributed by atoms with van der Waals surface area (Å²) in [4.78, 5) is 28.5. The van der Waals surface area contributed by atoms with Crippen molar-refractivity contribution < 1.29 is 14.7 Å².